The van der Waals surface area contributed by atoms with Gasteiger partial charge in [0.05, 0.1) is 5.51 Å². The van der Waals surface area contributed by atoms with E-state index in [1.165, 1.54) is 0 Å². The standard InChI is InChI=1S/C17H27N3O2S/c1-11(2)6-13(8-19-17(22)15-7-12(15)3)20-16(21)5-4-14-9-18-10-23-14/h9-13,15H,4-8H2,1-3H3,(H,19,22)(H,20,21)/t12-,13-,15+/m0/s1. The minimum absolute atomic E-state index is 0.00182. The van der Waals surface area contributed by atoms with Crippen molar-refractivity contribution in [3.63, 3.8) is 0 Å². The Balaban J connectivity index is 1.75. The van der Waals surface area contributed by atoms with Crippen LogP contribution in [0.1, 0.15) is 44.9 Å². The van der Waals surface area contributed by atoms with E-state index < -0.39 is 0 Å². The molecule has 1 aromatic rings. The summed E-state index contributed by atoms with van der Waals surface area (Å²) in [4.78, 5) is 29.2. The number of aromatic nitrogens is 1. The fourth-order valence-corrected chi connectivity index (χ4v) is 3.31. The monoisotopic (exact) mass is 337 g/mol. The van der Waals surface area contributed by atoms with Gasteiger partial charge in [0.1, 0.15) is 0 Å². The third-order valence-electron chi connectivity index (χ3n) is 4.17. The second-order valence-electron chi connectivity index (χ2n) is 6.93. The Labute approximate surface area is 142 Å². The van der Waals surface area contributed by atoms with Crippen LogP contribution in [0.3, 0.4) is 0 Å². The van der Waals surface area contributed by atoms with Crippen molar-refractivity contribution in [1.29, 1.82) is 0 Å². The summed E-state index contributed by atoms with van der Waals surface area (Å²) in [5, 5.41) is 6.06. The van der Waals surface area contributed by atoms with Crippen LogP contribution in [0.2, 0.25) is 0 Å². The summed E-state index contributed by atoms with van der Waals surface area (Å²) < 4.78 is 0. The number of hydrogen-bond donors (Lipinski definition) is 2. The van der Waals surface area contributed by atoms with Crippen LogP contribution in [0.25, 0.3) is 0 Å². The van der Waals surface area contributed by atoms with Crippen molar-refractivity contribution in [3.8, 4) is 0 Å². The van der Waals surface area contributed by atoms with Crippen LogP contribution < -0.4 is 10.6 Å². The van der Waals surface area contributed by atoms with Gasteiger partial charge in [-0.1, -0.05) is 20.8 Å². The van der Waals surface area contributed by atoms with Crippen LogP contribution in [0, 0.1) is 17.8 Å². The summed E-state index contributed by atoms with van der Waals surface area (Å²) in [7, 11) is 0. The first-order valence-electron chi connectivity index (χ1n) is 8.40. The second-order valence-corrected chi connectivity index (χ2v) is 7.90. The molecule has 1 heterocycles. The first kappa shape index (κ1) is 17.9. The minimum atomic E-state index is 0.00182. The van der Waals surface area contributed by atoms with E-state index in [1.807, 2.05) is 0 Å². The number of hydrogen-bond acceptors (Lipinski definition) is 4. The van der Waals surface area contributed by atoms with Crippen LogP contribution in [0.15, 0.2) is 11.7 Å². The predicted octanol–water partition coefficient (Wildman–Crippen LogP) is 2.38. The van der Waals surface area contributed by atoms with Crippen molar-refractivity contribution in [2.45, 2.75) is 52.5 Å². The molecule has 2 N–H and O–H groups in total. The average Bonchev–Trinajstić information content (AvgIpc) is 3.00. The fraction of sp³-hybridized carbons (Fsp3) is 0.706. The smallest absolute Gasteiger partial charge is 0.223 e. The van der Waals surface area contributed by atoms with E-state index in [1.54, 1.807) is 23.0 Å². The topological polar surface area (TPSA) is 71.1 Å². The summed E-state index contributed by atoms with van der Waals surface area (Å²) in [6.45, 7) is 6.87. The number of nitrogens with zero attached hydrogens (tertiary/aromatic N) is 1. The molecule has 1 saturated carbocycles. The van der Waals surface area contributed by atoms with Crippen LogP contribution in [0.4, 0.5) is 0 Å². The van der Waals surface area contributed by atoms with Crippen LogP contribution in [-0.2, 0) is 16.0 Å². The number of carbonyl (C=O) groups excluding carboxylic acids is 2. The number of amides is 2. The Bertz CT molecular complexity index is 516. The largest absolute Gasteiger partial charge is 0.354 e. The van der Waals surface area contributed by atoms with Crippen LogP contribution >= 0.6 is 11.3 Å². The molecule has 3 atom stereocenters. The SMILES string of the molecule is CC(C)C[C@@H](CNC(=O)[C@@H]1C[C@@H]1C)NC(=O)CCc1cncs1. The molecule has 0 bridgehead atoms. The molecule has 0 aliphatic heterocycles. The number of thiazole rings is 1. The molecule has 0 radical (unpaired) electrons. The molecular formula is C17H27N3O2S. The summed E-state index contributed by atoms with van der Waals surface area (Å²) in [5.74, 6) is 1.33. The summed E-state index contributed by atoms with van der Waals surface area (Å²) in [5.41, 5.74) is 1.78. The maximum Gasteiger partial charge on any atom is 0.223 e. The highest BCUT2D eigenvalue weighted by molar-refractivity contribution is 7.09. The molecule has 1 fully saturated rings. The molecule has 0 unspecified atom stereocenters. The molecule has 128 valence electrons. The average molecular weight is 337 g/mol. The highest BCUT2D eigenvalue weighted by Gasteiger charge is 2.39. The predicted molar refractivity (Wildman–Crippen MR) is 92.1 cm³/mol. The van der Waals surface area contributed by atoms with Crippen molar-refractivity contribution in [2.24, 2.45) is 17.8 Å². The molecule has 23 heavy (non-hydrogen) atoms. The Morgan fingerprint density at radius 3 is 2.74 bits per heavy atom. The van der Waals surface area contributed by atoms with Gasteiger partial charge in [-0.3, -0.25) is 14.6 Å². The minimum Gasteiger partial charge on any atom is -0.354 e. The van der Waals surface area contributed by atoms with Gasteiger partial charge in [-0.2, -0.15) is 0 Å². The molecular weight excluding hydrogens is 310 g/mol. The van der Waals surface area contributed by atoms with E-state index in [9.17, 15) is 9.59 Å². The fourth-order valence-electron chi connectivity index (χ4n) is 2.71. The third-order valence-corrected chi connectivity index (χ3v) is 5.01. The van der Waals surface area contributed by atoms with Gasteiger partial charge in [-0.15, -0.1) is 11.3 Å². The van der Waals surface area contributed by atoms with Crippen molar-refractivity contribution < 1.29 is 9.59 Å². The van der Waals surface area contributed by atoms with Crippen molar-refractivity contribution >= 4 is 23.2 Å². The lowest BCUT2D eigenvalue weighted by molar-refractivity contribution is -0.124. The Hall–Kier alpha value is -1.43. The van der Waals surface area contributed by atoms with Gasteiger partial charge in [-0.05, 0) is 31.1 Å². The van der Waals surface area contributed by atoms with E-state index in [0.29, 0.717) is 24.8 Å². The summed E-state index contributed by atoms with van der Waals surface area (Å²) in [6, 6.07) is 0.00182. The zero-order valence-corrected chi connectivity index (χ0v) is 15.0. The molecule has 2 amide bonds. The quantitative estimate of drug-likeness (QED) is 0.727. The molecule has 2 rings (SSSR count). The molecule has 1 aromatic heterocycles. The first-order chi connectivity index (χ1) is 11.0. The molecule has 1 aliphatic rings. The first-order valence-corrected chi connectivity index (χ1v) is 9.28. The van der Waals surface area contributed by atoms with Crippen LogP contribution in [-0.4, -0.2) is 29.4 Å². The molecule has 0 spiro atoms. The zero-order chi connectivity index (χ0) is 16.8. The molecule has 6 heteroatoms. The highest BCUT2D eigenvalue weighted by Crippen LogP contribution is 2.37. The normalized spacial score (nSPS) is 21.0. The Morgan fingerprint density at radius 1 is 1.43 bits per heavy atom. The highest BCUT2D eigenvalue weighted by atomic mass is 32.1. The molecule has 1 aliphatic carbocycles. The van der Waals surface area contributed by atoms with Gasteiger partial charge in [0.2, 0.25) is 11.8 Å². The van der Waals surface area contributed by atoms with Gasteiger partial charge in [0.15, 0.2) is 0 Å². The number of aryl methyl sites for hydroxylation is 1. The molecule has 0 aromatic carbocycles. The molecule has 5 nitrogen and oxygen atoms in total. The summed E-state index contributed by atoms with van der Waals surface area (Å²) >= 11 is 1.57. The van der Waals surface area contributed by atoms with Crippen LogP contribution in [0.5, 0.6) is 0 Å². The van der Waals surface area contributed by atoms with Gasteiger partial charge in [0.25, 0.3) is 0 Å². The summed E-state index contributed by atoms with van der Waals surface area (Å²) in [6.07, 6.45) is 4.84. The number of carbonyl (C=O) groups is 2. The van der Waals surface area contributed by atoms with E-state index in [-0.39, 0.29) is 23.8 Å². The van der Waals surface area contributed by atoms with Gasteiger partial charge in [-0.25, -0.2) is 0 Å². The lowest BCUT2D eigenvalue weighted by Crippen LogP contribution is -2.44. The Morgan fingerprint density at radius 2 is 2.17 bits per heavy atom. The van der Waals surface area contributed by atoms with Gasteiger partial charge < -0.3 is 10.6 Å². The maximum atomic E-state index is 12.1. The van der Waals surface area contributed by atoms with E-state index in [4.69, 9.17) is 0 Å². The van der Waals surface area contributed by atoms with E-state index in [0.717, 1.165) is 24.1 Å². The third kappa shape index (κ3) is 6.29. The van der Waals surface area contributed by atoms with Crippen molar-refractivity contribution in [2.75, 3.05) is 6.54 Å². The van der Waals surface area contributed by atoms with Crippen molar-refractivity contribution in [1.82, 2.24) is 15.6 Å². The Kier molecular flexibility index (Phi) is 6.57. The second kappa shape index (κ2) is 8.43. The lowest BCUT2D eigenvalue weighted by Gasteiger charge is -2.21. The lowest BCUT2D eigenvalue weighted by atomic mass is 10.0. The molecule has 0 saturated heterocycles. The number of rotatable bonds is 9. The zero-order valence-electron chi connectivity index (χ0n) is 14.2. The van der Waals surface area contributed by atoms with Crippen molar-refractivity contribution in [3.05, 3.63) is 16.6 Å². The van der Waals surface area contributed by atoms with E-state index >= 15 is 0 Å². The van der Waals surface area contributed by atoms with Gasteiger partial charge in [0, 0.05) is 36.0 Å². The maximum absolute atomic E-state index is 12.1. The van der Waals surface area contributed by atoms with E-state index in [2.05, 4.69) is 36.4 Å². The van der Waals surface area contributed by atoms with Gasteiger partial charge >= 0.3 is 0 Å². The number of nitrogens with one attached hydrogen (secondary N) is 2.